The van der Waals surface area contributed by atoms with Crippen LogP contribution in [0.3, 0.4) is 0 Å². The molecule has 30 heavy (non-hydrogen) atoms. The maximum Gasteiger partial charge on any atom is 0.230 e. The molecule has 0 bridgehead atoms. The van der Waals surface area contributed by atoms with E-state index in [1.165, 1.54) is 17.3 Å². The maximum absolute atomic E-state index is 12.5. The molecule has 3 N–H and O–H groups in total. The normalized spacial score (nSPS) is 23.9. The van der Waals surface area contributed by atoms with Gasteiger partial charge in [-0.2, -0.15) is 0 Å². The molecule has 0 radical (unpaired) electrons. The van der Waals surface area contributed by atoms with E-state index >= 15 is 0 Å². The number of rotatable bonds is 5. The predicted octanol–water partition coefficient (Wildman–Crippen LogP) is 2.63. The van der Waals surface area contributed by atoms with Gasteiger partial charge in [-0.25, -0.2) is 0 Å². The lowest BCUT2D eigenvalue weighted by Gasteiger charge is -2.31. The molecule has 2 fully saturated rings. The molecule has 1 aliphatic heterocycles. The van der Waals surface area contributed by atoms with E-state index in [0.717, 1.165) is 42.4 Å². The molecule has 0 spiro atoms. The molecule has 1 aliphatic carbocycles. The molecule has 1 saturated carbocycles. The first kappa shape index (κ1) is 21.3. The van der Waals surface area contributed by atoms with E-state index < -0.39 is 0 Å². The smallest absolute Gasteiger partial charge is 0.230 e. The quantitative estimate of drug-likeness (QED) is 0.635. The zero-order valence-corrected chi connectivity index (χ0v) is 19.1. The van der Waals surface area contributed by atoms with Gasteiger partial charge in [-0.15, -0.1) is 10.2 Å². The van der Waals surface area contributed by atoms with Crippen molar-refractivity contribution in [2.24, 2.45) is 13.0 Å². The second-order valence-corrected chi connectivity index (χ2v) is 10.4. The third-order valence-corrected chi connectivity index (χ3v) is 7.21. The number of hydrogen-bond donors (Lipinski definition) is 3. The Morgan fingerprint density at radius 2 is 2.00 bits per heavy atom. The molecule has 2 aliphatic rings. The van der Waals surface area contributed by atoms with Crippen molar-refractivity contribution in [2.45, 2.75) is 62.7 Å². The molecular formula is C22H32N6OS. The van der Waals surface area contributed by atoms with E-state index in [1.807, 2.05) is 11.6 Å². The second-order valence-electron chi connectivity index (χ2n) is 9.45. The molecule has 2 aromatic rings. The van der Waals surface area contributed by atoms with Crippen molar-refractivity contribution in [3.8, 4) is 11.4 Å². The summed E-state index contributed by atoms with van der Waals surface area (Å²) in [7, 11) is 1.95. The average Bonchev–Trinajstić information content (AvgIpc) is 3.32. The first-order chi connectivity index (χ1) is 14.3. The number of nitrogens with zero attached hydrogens (tertiary/aromatic N) is 3. The number of nitrogens with one attached hydrogen (secondary N) is 3. The fourth-order valence-corrected chi connectivity index (χ4v) is 5.04. The molecule has 4 rings (SSSR count). The van der Waals surface area contributed by atoms with Crippen LogP contribution in [-0.4, -0.2) is 45.1 Å². The van der Waals surface area contributed by atoms with Crippen molar-refractivity contribution in [3.05, 3.63) is 29.8 Å². The molecule has 7 nitrogen and oxygen atoms in total. The van der Waals surface area contributed by atoms with E-state index in [9.17, 15) is 4.79 Å². The lowest BCUT2D eigenvalue weighted by Crippen LogP contribution is -2.45. The summed E-state index contributed by atoms with van der Waals surface area (Å²) >= 11 is 1.44. The highest BCUT2D eigenvalue weighted by molar-refractivity contribution is 7.99. The SMILES string of the molecule is Cn1c(SCC(=O)NC2CCC3CNNC3C2)nnc1-c1ccc(C(C)(C)C)cc1. The van der Waals surface area contributed by atoms with Gasteiger partial charge in [0, 0.05) is 31.2 Å². The lowest BCUT2D eigenvalue weighted by atomic mass is 9.83. The van der Waals surface area contributed by atoms with Crippen LogP contribution < -0.4 is 16.2 Å². The molecular weight excluding hydrogens is 396 g/mol. The molecule has 1 amide bonds. The highest BCUT2D eigenvalue weighted by atomic mass is 32.2. The summed E-state index contributed by atoms with van der Waals surface area (Å²) in [6.45, 7) is 7.65. The number of amides is 1. The van der Waals surface area contributed by atoms with Crippen molar-refractivity contribution in [2.75, 3.05) is 12.3 Å². The highest BCUT2D eigenvalue weighted by Gasteiger charge is 2.34. The molecule has 3 atom stereocenters. The van der Waals surface area contributed by atoms with Gasteiger partial charge in [0.15, 0.2) is 11.0 Å². The van der Waals surface area contributed by atoms with Gasteiger partial charge < -0.3 is 9.88 Å². The zero-order valence-electron chi connectivity index (χ0n) is 18.2. The van der Waals surface area contributed by atoms with Crippen molar-refractivity contribution < 1.29 is 4.79 Å². The number of hydrazine groups is 1. The van der Waals surface area contributed by atoms with Gasteiger partial charge >= 0.3 is 0 Å². The third-order valence-electron chi connectivity index (χ3n) is 6.19. The van der Waals surface area contributed by atoms with E-state index in [-0.39, 0.29) is 17.4 Å². The van der Waals surface area contributed by atoms with Crippen LogP contribution in [0.25, 0.3) is 11.4 Å². The van der Waals surface area contributed by atoms with Crippen LogP contribution in [0.1, 0.15) is 45.6 Å². The van der Waals surface area contributed by atoms with Crippen LogP contribution in [0.4, 0.5) is 0 Å². The summed E-state index contributed by atoms with van der Waals surface area (Å²) in [6, 6.07) is 9.20. The van der Waals surface area contributed by atoms with Gasteiger partial charge in [0.25, 0.3) is 0 Å². The first-order valence-electron chi connectivity index (χ1n) is 10.7. The van der Waals surface area contributed by atoms with Crippen LogP contribution in [0, 0.1) is 5.92 Å². The van der Waals surface area contributed by atoms with Crippen LogP contribution in [0.15, 0.2) is 29.4 Å². The topological polar surface area (TPSA) is 83.9 Å². The Kier molecular flexibility index (Phi) is 6.18. The van der Waals surface area contributed by atoms with Crippen LogP contribution in [0.2, 0.25) is 0 Å². The maximum atomic E-state index is 12.5. The summed E-state index contributed by atoms with van der Waals surface area (Å²) in [6.07, 6.45) is 3.20. The number of hydrogen-bond acceptors (Lipinski definition) is 6. The number of carbonyl (C=O) groups excluding carboxylic acids is 1. The number of thioether (sulfide) groups is 1. The fraction of sp³-hybridized carbons (Fsp3) is 0.591. The molecule has 1 saturated heterocycles. The summed E-state index contributed by atoms with van der Waals surface area (Å²) < 4.78 is 1.96. The molecule has 2 heterocycles. The summed E-state index contributed by atoms with van der Waals surface area (Å²) in [5, 5.41) is 12.6. The lowest BCUT2D eigenvalue weighted by molar-refractivity contribution is -0.119. The molecule has 1 aromatic carbocycles. The number of fused-ring (bicyclic) bond motifs is 1. The van der Waals surface area contributed by atoms with E-state index in [0.29, 0.717) is 17.7 Å². The summed E-state index contributed by atoms with van der Waals surface area (Å²) in [4.78, 5) is 12.5. The largest absolute Gasteiger partial charge is 0.353 e. The standard InChI is InChI=1S/C22H32N6OS/c1-22(2,3)16-8-5-14(6-9-16)20-26-27-21(28(20)4)30-13-19(29)24-17-10-7-15-12-23-25-18(15)11-17/h5-6,8-9,15,17-18,23,25H,7,10-13H2,1-4H3,(H,24,29). The minimum atomic E-state index is 0.0634. The minimum Gasteiger partial charge on any atom is -0.353 e. The molecule has 162 valence electrons. The number of carbonyl (C=O) groups is 1. The van der Waals surface area contributed by atoms with Gasteiger partial charge in [-0.05, 0) is 36.2 Å². The van der Waals surface area contributed by atoms with Crippen LogP contribution in [0.5, 0.6) is 0 Å². The molecule has 3 unspecified atom stereocenters. The Morgan fingerprint density at radius 3 is 2.73 bits per heavy atom. The van der Waals surface area contributed by atoms with Crippen LogP contribution in [-0.2, 0) is 17.3 Å². The molecule has 1 aromatic heterocycles. The van der Waals surface area contributed by atoms with Gasteiger partial charge in [-0.1, -0.05) is 56.8 Å². The zero-order chi connectivity index (χ0) is 21.3. The minimum absolute atomic E-state index is 0.0634. The second kappa shape index (κ2) is 8.69. The van der Waals surface area contributed by atoms with Gasteiger partial charge in [0.1, 0.15) is 0 Å². The Morgan fingerprint density at radius 1 is 1.23 bits per heavy atom. The Labute approximate surface area is 182 Å². The first-order valence-corrected chi connectivity index (χ1v) is 11.7. The third kappa shape index (κ3) is 4.71. The fourth-order valence-electron chi connectivity index (χ4n) is 4.32. The van der Waals surface area contributed by atoms with E-state index in [1.54, 1.807) is 0 Å². The highest BCUT2D eigenvalue weighted by Crippen LogP contribution is 2.28. The van der Waals surface area contributed by atoms with E-state index in [2.05, 4.69) is 71.4 Å². The van der Waals surface area contributed by atoms with Crippen molar-refractivity contribution in [1.82, 2.24) is 30.9 Å². The predicted molar refractivity (Wildman–Crippen MR) is 120 cm³/mol. The monoisotopic (exact) mass is 428 g/mol. The summed E-state index contributed by atoms with van der Waals surface area (Å²) in [5.41, 5.74) is 9.00. The number of aromatic nitrogens is 3. The molecule has 8 heteroatoms. The van der Waals surface area contributed by atoms with Gasteiger partial charge in [0.05, 0.1) is 5.75 Å². The van der Waals surface area contributed by atoms with Gasteiger partial charge in [0.2, 0.25) is 5.91 Å². The summed E-state index contributed by atoms with van der Waals surface area (Å²) in [5.74, 6) is 1.93. The van der Waals surface area contributed by atoms with Gasteiger partial charge in [-0.3, -0.25) is 15.6 Å². The Hall–Kier alpha value is -1.90. The number of benzene rings is 1. The van der Waals surface area contributed by atoms with Crippen molar-refractivity contribution >= 4 is 17.7 Å². The van der Waals surface area contributed by atoms with Crippen LogP contribution >= 0.6 is 11.8 Å². The average molecular weight is 429 g/mol. The Bertz CT molecular complexity index is 888. The van der Waals surface area contributed by atoms with E-state index in [4.69, 9.17) is 0 Å². The Balaban J connectivity index is 1.32. The van der Waals surface area contributed by atoms with Crippen molar-refractivity contribution in [1.29, 1.82) is 0 Å². The van der Waals surface area contributed by atoms with Crippen molar-refractivity contribution in [3.63, 3.8) is 0 Å².